The minimum Gasteiger partial charge on any atom is -0.468 e. The zero-order valence-corrected chi connectivity index (χ0v) is 10.7. The largest absolute Gasteiger partial charge is 0.468 e. The number of rotatable bonds is 4. The van der Waals surface area contributed by atoms with Gasteiger partial charge < -0.3 is 10.1 Å². The Morgan fingerprint density at radius 2 is 2.05 bits per heavy atom. The van der Waals surface area contributed by atoms with Crippen molar-refractivity contribution in [3.05, 3.63) is 48.0 Å². The Labute approximate surface area is 114 Å². The number of nitrogens with one attached hydrogen (secondary N) is 1. The second kappa shape index (κ2) is 5.96. The fourth-order valence-corrected chi connectivity index (χ4v) is 1.52. The molecule has 1 amide bonds. The molecule has 1 heterocycles. The van der Waals surface area contributed by atoms with Crippen molar-refractivity contribution in [2.24, 2.45) is 0 Å². The van der Waals surface area contributed by atoms with Crippen molar-refractivity contribution in [2.75, 3.05) is 12.4 Å². The molecule has 2 rings (SSSR count). The molecule has 0 aliphatic heterocycles. The van der Waals surface area contributed by atoms with Gasteiger partial charge in [-0.1, -0.05) is 0 Å². The molecular formula is C13H12FN3O3. The van der Waals surface area contributed by atoms with E-state index in [-0.39, 0.29) is 12.5 Å². The molecular weight excluding hydrogens is 265 g/mol. The van der Waals surface area contributed by atoms with E-state index in [4.69, 9.17) is 0 Å². The van der Waals surface area contributed by atoms with E-state index in [1.807, 2.05) is 0 Å². The van der Waals surface area contributed by atoms with Crippen LogP contribution in [0.25, 0.3) is 0 Å². The number of anilines is 1. The Morgan fingerprint density at radius 1 is 1.35 bits per heavy atom. The maximum atomic E-state index is 12.7. The van der Waals surface area contributed by atoms with E-state index in [2.05, 4.69) is 15.2 Å². The smallest absolute Gasteiger partial charge is 0.327 e. The van der Waals surface area contributed by atoms with Gasteiger partial charge in [0.2, 0.25) is 0 Å². The predicted molar refractivity (Wildman–Crippen MR) is 68.6 cm³/mol. The summed E-state index contributed by atoms with van der Waals surface area (Å²) in [5.41, 5.74) is 0.760. The maximum absolute atomic E-state index is 12.7. The second-order valence-corrected chi connectivity index (χ2v) is 3.96. The van der Waals surface area contributed by atoms with E-state index in [9.17, 15) is 14.0 Å². The zero-order chi connectivity index (χ0) is 14.5. The Balaban J connectivity index is 2.01. The number of methoxy groups -OCH3 is 1. The Morgan fingerprint density at radius 3 is 2.70 bits per heavy atom. The summed E-state index contributed by atoms with van der Waals surface area (Å²) in [7, 11) is 1.28. The Bertz CT molecular complexity index is 622. The Kier molecular flexibility index (Phi) is 4.09. The topological polar surface area (TPSA) is 73.2 Å². The highest BCUT2D eigenvalue weighted by molar-refractivity contribution is 6.04. The number of nitrogens with zero attached hydrogens (tertiary/aromatic N) is 2. The van der Waals surface area contributed by atoms with Gasteiger partial charge in [0.1, 0.15) is 12.4 Å². The van der Waals surface area contributed by atoms with E-state index in [1.54, 1.807) is 0 Å². The first kappa shape index (κ1) is 13.7. The van der Waals surface area contributed by atoms with Crippen molar-refractivity contribution in [3.63, 3.8) is 0 Å². The molecule has 0 bridgehead atoms. The van der Waals surface area contributed by atoms with Gasteiger partial charge in [0.15, 0.2) is 0 Å². The molecule has 0 saturated heterocycles. The van der Waals surface area contributed by atoms with Crippen LogP contribution in [0, 0.1) is 5.82 Å². The number of carbonyl (C=O) groups excluding carboxylic acids is 2. The number of carbonyl (C=O) groups is 2. The summed E-state index contributed by atoms with van der Waals surface area (Å²) in [6.07, 6.45) is 2.91. The van der Waals surface area contributed by atoms with Crippen molar-refractivity contribution in [2.45, 2.75) is 6.54 Å². The lowest BCUT2D eigenvalue weighted by Gasteiger charge is -2.02. The van der Waals surface area contributed by atoms with Crippen LogP contribution < -0.4 is 5.32 Å². The fourth-order valence-electron chi connectivity index (χ4n) is 1.52. The molecule has 7 heteroatoms. The molecule has 0 aliphatic rings. The standard InChI is InChI=1S/C13H12FN3O3/c1-20-12(18)8-17-7-11(6-15-17)16-13(19)9-2-4-10(14)5-3-9/h2-7H,8H2,1H3,(H,16,19). The minimum absolute atomic E-state index is 0.0388. The SMILES string of the molecule is COC(=O)Cn1cc(NC(=O)c2ccc(F)cc2)cn1. The number of esters is 1. The number of ether oxygens (including phenoxy) is 1. The first-order chi connectivity index (χ1) is 9.58. The number of benzene rings is 1. The highest BCUT2D eigenvalue weighted by atomic mass is 19.1. The van der Waals surface area contributed by atoms with Crippen LogP contribution in [0.4, 0.5) is 10.1 Å². The van der Waals surface area contributed by atoms with Crippen molar-refractivity contribution in [3.8, 4) is 0 Å². The van der Waals surface area contributed by atoms with Gasteiger partial charge in [0.25, 0.3) is 5.91 Å². The second-order valence-electron chi connectivity index (χ2n) is 3.96. The first-order valence-corrected chi connectivity index (χ1v) is 5.74. The third kappa shape index (κ3) is 3.41. The van der Waals surface area contributed by atoms with Crippen LogP contribution in [-0.2, 0) is 16.1 Å². The van der Waals surface area contributed by atoms with Crippen molar-refractivity contribution in [1.29, 1.82) is 0 Å². The number of amides is 1. The van der Waals surface area contributed by atoms with Crippen LogP contribution in [-0.4, -0.2) is 28.8 Å². The molecule has 0 unspecified atom stereocenters. The monoisotopic (exact) mass is 277 g/mol. The lowest BCUT2D eigenvalue weighted by molar-refractivity contribution is -0.141. The molecule has 0 aliphatic carbocycles. The molecule has 0 fully saturated rings. The summed E-state index contributed by atoms with van der Waals surface area (Å²) < 4.78 is 18.6. The van der Waals surface area contributed by atoms with Gasteiger partial charge in [0.05, 0.1) is 19.0 Å². The summed E-state index contributed by atoms with van der Waals surface area (Å²) in [6.45, 7) is -0.0388. The summed E-state index contributed by atoms with van der Waals surface area (Å²) in [5, 5.41) is 6.50. The lowest BCUT2D eigenvalue weighted by atomic mass is 10.2. The van der Waals surface area contributed by atoms with E-state index in [0.717, 1.165) is 0 Å². The van der Waals surface area contributed by atoms with Crippen LogP contribution in [0.2, 0.25) is 0 Å². The molecule has 1 N–H and O–H groups in total. The zero-order valence-electron chi connectivity index (χ0n) is 10.7. The molecule has 0 saturated carbocycles. The third-order valence-corrected chi connectivity index (χ3v) is 2.52. The molecule has 20 heavy (non-hydrogen) atoms. The van der Waals surface area contributed by atoms with Crippen molar-refractivity contribution in [1.82, 2.24) is 9.78 Å². The van der Waals surface area contributed by atoms with E-state index in [1.165, 1.54) is 48.5 Å². The molecule has 2 aromatic rings. The van der Waals surface area contributed by atoms with Gasteiger partial charge in [-0.25, -0.2) is 4.39 Å². The van der Waals surface area contributed by atoms with E-state index < -0.39 is 11.8 Å². The van der Waals surface area contributed by atoms with Crippen LogP contribution in [0.5, 0.6) is 0 Å². The van der Waals surface area contributed by atoms with Crippen LogP contribution >= 0.6 is 0 Å². The van der Waals surface area contributed by atoms with Gasteiger partial charge >= 0.3 is 5.97 Å². The molecule has 0 atom stereocenters. The molecule has 6 nitrogen and oxygen atoms in total. The van der Waals surface area contributed by atoms with Crippen molar-refractivity contribution >= 4 is 17.6 Å². The molecule has 104 valence electrons. The first-order valence-electron chi connectivity index (χ1n) is 5.74. The minimum atomic E-state index is -0.440. The lowest BCUT2D eigenvalue weighted by Crippen LogP contribution is -2.12. The van der Waals surface area contributed by atoms with Gasteiger partial charge in [-0.2, -0.15) is 5.10 Å². The third-order valence-electron chi connectivity index (χ3n) is 2.52. The normalized spacial score (nSPS) is 10.1. The van der Waals surface area contributed by atoms with E-state index in [0.29, 0.717) is 11.3 Å². The van der Waals surface area contributed by atoms with Gasteiger partial charge in [-0.05, 0) is 24.3 Å². The molecule has 0 radical (unpaired) electrons. The summed E-state index contributed by atoms with van der Waals surface area (Å²) in [6, 6.07) is 5.16. The number of hydrogen-bond acceptors (Lipinski definition) is 4. The fraction of sp³-hybridized carbons (Fsp3) is 0.154. The van der Waals surface area contributed by atoms with Gasteiger partial charge in [-0.3, -0.25) is 14.3 Å². The summed E-state index contributed by atoms with van der Waals surface area (Å²) in [5.74, 6) is -1.24. The predicted octanol–water partition coefficient (Wildman–Crippen LogP) is 1.45. The summed E-state index contributed by atoms with van der Waals surface area (Å²) in [4.78, 5) is 22.9. The quantitative estimate of drug-likeness (QED) is 0.858. The summed E-state index contributed by atoms with van der Waals surface area (Å²) >= 11 is 0. The highest BCUT2D eigenvalue weighted by Gasteiger charge is 2.09. The molecule has 1 aromatic heterocycles. The highest BCUT2D eigenvalue weighted by Crippen LogP contribution is 2.09. The van der Waals surface area contributed by atoms with E-state index >= 15 is 0 Å². The van der Waals surface area contributed by atoms with Gasteiger partial charge in [0, 0.05) is 11.8 Å². The average Bonchev–Trinajstić information content (AvgIpc) is 2.86. The number of aromatic nitrogens is 2. The average molecular weight is 277 g/mol. The van der Waals surface area contributed by atoms with Crippen LogP contribution in [0.3, 0.4) is 0 Å². The van der Waals surface area contributed by atoms with Gasteiger partial charge in [-0.15, -0.1) is 0 Å². The maximum Gasteiger partial charge on any atom is 0.327 e. The van der Waals surface area contributed by atoms with Crippen LogP contribution in [0.1, 0.15) is 10.4 Å². The number of halogens is 1. The van der Waals surface area contributed by atoms with Crippen molar-refractivity contribution < 1.29 is 18.7 Å². The Hall–Kier alpha value is -2.70. The molecule has 1 aromatic carbocycles. The number of hydrogen-bond donors (Lipinski definition) is 1. The molecule has 0 spiro atoms. The van der Waals surface area contributed by atoms with Crippen LogP contribution in [0.15, 0.2) is 36.7 Å².